The van der Waals surface area contributed by atoms with Gasteiger partial charge in [-0.05, 0) is 37.6 Å². The number of aliphatic hydroxyl groups is 1. The van der Waals surface area contributed by atoms with Gasteiger partial charge in [0.15, 0.2) is 0 Å². The first-order valence-electron chi connectivity index (χ1n) is 11.0. The minimum atomic E-state index is -0.826. The number of likely N-dealkylation sites (tertiary alicyclic amines) is 1. The van der Waals surface area contributed by atoms with Crippen LogP contribution in [-0.2, 0) is 11.3 Å². The fourth-order valence-electron chi connectivity index (χ4n) is 5.02. The number of allylic oxidation sites excluding steroid dienone is 1. The molecule has 0 radical (unpaired) electrons. The lowest BCUT2D eigenvalue weighted by molar-refractivity contribution is -0.126. The van der Waals surface area contributed by atoms with Gasteiger partial charge in [-0.3, -0.25) is 19.4 Å². The molecule has 4 heterocycles. The molecule has 0 aromatic carbocycles. The van der Waals surface area contributed by atoms with Crippen LogP contribution in [0, 0.1) is 11.8 Å². The van der Waals surface area contributed by atoms with Crippen LogP contribution >= 0.6 is 0 Å². The van der Waals surface area contributed by atoms with Gasteiger partial charge in [-0.2, -0.15) is 0 Å². The van der Waals surface area contributed by atoms with E-state index < -0.39 is 18.0 Å². The first-order chi connectivity index (χ1) is 15.5. The summed E-state index contributed by atoms with van der Waals surface area (Å²) in [4.78, 5) is 45.4. The molecule has 0 unspecified atom stereocenters. The highest BCUT2D eigenvalue weighted by Crippen LogP contribution is 2.49. The molecule has 2 aromatic heterocycles. The molecule has 8 heteroatoms. The van der Waals surface area contributed by atoms with Crippen molar-refractivity contribution in [2.24, 2.45) is 11.8 Å². The van der Waals surface area contributed by atoms with Crippen molar-refractivity contribution < 1.29 is 14.7 Å². The zero-order valence-corrected chi connectivity index (χ0v) is 18.3. The molecule has 2 aromatic rings. The normalized spacial score (nSPS) is 23.9. The number of amides is 2. The Balaban J connectivity index is 1.83. The number of nitrogens with one attached hydrogen (secondary N) is 1. The average molecular weight is 437 g/mol. The Hall–Kier alpha value is -3.26. The number of nitrogens with zero attached hydrogens (tertiary/aromatic N) is 3. The number of aromatic nitrogens is 2. The second-order valence-electron chi connectivity index (χ2n) is 8.27. The molecule has 1 fully saturated rings. The maximum atomic E-state index is 13.6. The van der Waals surface area contributed by atoms with Crippen molar-refractivity contribution in [1.82, 2.24) is 19.8 Å². The van der Waals surface area contributed by atoms with E-state index in [0.717, 1.165) is 6.42 Å². The number of carbonyl (C=O) groups excluding carboxylic acids is 2. The number of hydrogen-bond donors (Lipinski definition) is 2. The van der Waals surface area contributed by atoms with Gasteiger partial charge in [0.05, 0.1) is 11.6 Å². The van der Waals surface area contributed by atoms with E-state index in [1.807, 2.05) is 26.0 Å². The molecule has 0 saturated carbocycles. The molecule has 2 aliphatic heterocycles. The largest absolute Gasteiger partial charge is 0.396 e. The fraction of sp³-hybridized carbons (Fsp3) is 0.417. The van der Waals surface area contributed by atoms with Gasteiger partial charge in [-0.1, -0.05) is 19.1 Å². The number of carbonyl (C=O) groups is 2. The summed E-state index contributed by atoms with van der Waals surface area (Å²) in [6, 6.07) is 5.63. The highest BCUT2D eigenvalue weighted by Gasteiger charge is 2.57. The van der Waals surface area contributed by atoms with Gasteiger partial charge in [0.25, 0.3) is 11.5 Å². The lowest BCUT2D eigenvalue weighted by Gasteiger charge is -2.31. The van der Waals surface area contributed by atoms with Crippen molar-refractivity contribution in [3.05, 3.63) is 69.9 Å². The molecular weight excluding hydrogens is 408 g/mol. The van der Waals surface area contributed by atoms with Crippen molar-refractivity contribution in [2.45, 2.75) is 38.9 Å². The topological polar surface area (TPSA) is 105 Å². The average Bonchev–Trinajstić information content (AvgIpc) is 3.34. The third kappa shape index (κ3) is 3.54. The summed E-state index contributed by atoms with van der Waals surface area (Å²) in [5.74, 6) is -1.34. The Morgan fingerprint density at radius 2 is 2.12 bits per heavy atom. The maximum absolute atomic E-state index is 13.6. The third-order valence-electron chi connectivity index (χ3n) is 6.41. The van der Waals surface area contributed by atoms with Gasteiger partial charge in [0, 0.05) is 55.2 Å². The van der Waals surface area contributed by atoms with Gasteiger partial charge in [0.1, 0.15) is 6.04 Å². The van der Waals surface area contributed by atoms with E-state index in [-0.39, 0.29) is 29.9 Å². The van der Waals surface area contributed by atoms with Crippen LogP contribution in [0.3, 0.4) is 0 Å². The molecule has 2 aliphatic rings. The second-order valence-corrected chi connectivity index (χ2v) is 8.27. The van der Waals surface area contributed by atoms with Crippen LogP contribution < -0.4 is 10.9 Å². The van der Waals surface area contributed by atoms with E-state index in [2.05, 4.69) is 10.3 Å². The number of fused-ring (bicyclic) bond motifs is 3. The van der Waals surface area contributed by atoms with Crippen molar-refractivity contribution in [1.29, 1.82) is 0 Å². The summed E-state index contributed by atoms with van der Waals surface area (Å²) in [7, 11) is 0. The molecule has 4 atom stereocenters. The Kier molecular flexibility index (Phi) is 6.23. The summed E-state index contributed by atoms with van der Waals surface area (Å²) < 4.78 is 1.68. The maximum Gasteiger partial charge on any atom is 0.258 e. The van der Waals surface area contributed by atoms with E-state index in [1.165, 1.54) is 6.20 Å². The van der Waals surface area contributed by atoms with Crippen molar-refractivity contribution in [2.75, 3.05) is 13.2 Å². The van der Waals surface area contributed by atoms with Crippen LogP contribution in [0.1, 0.15) is 47.9 Å². The van der Waals surface area contributed by atoms with Crippen molar-refractivity contribution in [3.8, 4) is 0 Å². The monoisotopic (exact) mass is 436 g/mol. The van der Waals surface area contributed by atoms with Gasteiger partial charge in [-0.25, -0.2) is 0 Å². The first kappa shape index (κ1) is 22.0. The summed E-state index contributed by atoms with van der Waals surface area (Å²) in [6.45, 7) is 4.38. The minimum Gasteiger partial charge on any atom is -0.396 e. The molecule has 2 N–H and O–H groups in total. The first-order valence-corrected chi connectivity index (χ1v) is 11.0. The van der Waals surface area contributed by atoms with Crippen LogP contribution in [0.2, 0.25) is 0 Å². The summed E-state index contributed by atoms with van der Waals surface area (Å²) in [5, 5.41) is 13.2. The summed E-state index contributed by atoms with van der Waals surface area (Å²) in [6.07, 6.45) is 7.38. The number of rotatable bonds is 6. The molecule has 4 rings (SSSR count). The quantitative estimate of drug-likeness (QED) is 0.716. The highest BCUT2D eigenvalue weighted by molar-refractivity contribution is 5.98. The molecule has 0 aliphatic carbocycles. The summed E-state index contributed by atoms with van der Waals surface area (Å²) >= 11 is 0. The van der Waals surface area contributed by atoms with E-state index in [0.29, 0.717) is 29.9 Å². The van der Waals surface area contributed by atoms with Gasteiger partial charge < -0.3 is 19.9 Å². The zero-order valence-electron chi connectivity index (χ0n) is 18.3. The van der Waals surface area contributed by atoms with Gasteiger partial charge in [0.2, 0.25) is 5.91 Å². The molecule has 0 spiro atoms. The van der Waals surface area contributed by atoms with Crippen LogP contribution in [0.15, 0.2) is 47.5 Å². The number of hydrogen-bond acceptors (Lipinski definition) is 5. The predicted molar refractivity (Wildman–Crippen MR) is 120 cm³/mol. The van der Waals surface area contributed by atoms with E-state index in [9.17, 15) is 19.5 Å². The standard InChI is InChI=1S/C24H28N4O4/c1-3-6-15-8-9-19-20-17(13-27(19)23(15)31)18(14-29)21(22(30)26-10-4-2)28(20)24(32)16-7-5-11-25-12-16/h3,5-9,11-12,17-18,20-21,29H,4,10,13-14H2,1-2H3,(H,26,30)/b6-3-/t17-,18-,20+,21-/m1/s1. The van der Waals surface area contributed by atoms with Crippen LogP contribution in [0.4, 0.5) is 0 Å². The molecule has 32 heavy (non-hydrogen) atoms. The van der Waals surface area contributed by atoms with E-state index in [1.54, 1.807) is 39.9 Å². The van der Waals surface area contributed by atoms with Crippen LogP contribution in [-0.4, -0.2) is 50.6 Å². The highest BCUT2D eigenvalue weighted by atomic mass is 16.3. The van der Waals surface area contributed by atoms with Crippen molar-refractivity contribution >= 4 is 17.9 Å². The number of aliphatic hydroxyl groups excluding tert-OH is 1. The minimum absolute atomic E-state index is 0.132. The fourth-order valence-corrected chi connectivity index (χ4v) is 5.02. The Labute approximate surface area is 186 Å². The molecule has 168 valence electrons. The lowest BCUT2D eigenvalue weighted by atomic mass is 9.88. The van der Waals surface area contributed by atoms with Crippen molar-refractivity contribution in [3.63, 3.8) is 0 Å². The van der Waals surface area contributed by atoms with Crippen LogP contribution in [0.5, 0.6) is 0 Å². The van der Waals surface area contributed by atoms with Gasteiger partial charge >= 0.3 is 0 Å². The molecule has 8 nitrogen and oxygen atoms in total. The van der Waals surface area contributed by atoms with E-state index in [4.69, 9.17) is 0 Å². The Bertz CT molecular complexity index is 1090. The Morgan fingerprint density at radius 3 is 2.78 bits per heavy atom. The molecular formula is C24H28N4O4. The smallest absolute Gasteiger partial charge is 0.258 e. The molecule has 2 amide bonds. The van der Waals surface area contributed by atoms with E-state index >= 15 is 0 Å². The summed E-state index contributed by atoms with van der Waals surface area (Å²) in [5.41, 5.74) is 1.49. The van der Waals surface area contributed by atoms with Crippen LogP contribution in [0.25, 0.3) is 6.08 Å². The zero-order chi connectivity index (χ0) is 22.8. The SMILES string of the molecule is C/C=C\c1ccc2n(c1=O)C[C@@H]1[C@@H](CO)[C@H](C(=O)NCCC)N(C(=O)c3cccnc3)[C@H]21. The predicted octanol–water partition coefficient (Wildman–Crippen LogP) is 1.61. The second kappa shape index (κ2) is 9.08. The Morgan fingerprint density at radius 1 is 1.31 bits per heavy atom. The molecule has 0 bridgehead atoms. The third-order valence-corrected chi connectivity index (χ3v) is 6.41. The molecule has 1 saturated heterocycles. The van der Waals surface area contributed by atoms with Gasteiger partial charge in [-0.15, -0.1) is 0 Å². The number of pyridine rings is 2. The lowest BCUT2D eigenvalue weighted by Crippen LogP contribution is -2.50.